The molecule has 126 valence electrons. The Morgan fingerprint density at radius 1 is 0.955 bits per heavy atom. The Labute approximate surface area is 133 Å². The Morgan fingerprint density at radius 3 is 1.77 bits per heavy atom. The van der Waals surface area contributed by atoms with Crippen LogP contribution in [0.3, 0.4) is 0 Å². The molecule has 0 radical (unpaired) electrons. The molecule has 0 amide bonds. The van der Waals surface area contributed by atoms with Gasteiger partial charge >= 0.3 is 7.60 Å². The Bertz CT molecular complexity index is 494. The van der Waals surface area contributed by atoms with Gasteiger partial charge in [-0.15, -0.1) is 0 Å². The zero-order valence-electron chi connectivity index (χ0n) is 14.6. The van der Waals surface area contributed by atoms with Crippen LogP contribution in [0.15, 0.2) is 24.3 Å². The SMILES string of the molecule is COc1ccc(NCP(=O)(OC(C)(C)C)OC(C)(C)C)cc1. The van der Waals surface area contributed by atoms with Crippen LogP contribution in [-0.2, 0) is 13.6 Å². The minimum atomic E-state index is -3.29. The van der Waals surface area contributed by atoms with E-state index in [0.717, 1.165) is 11.4 Å². The van der Waals surface area contributed by atoms with E-state index in [2.05, 4.69) is 5.32 Å². The van der Waals surface area contributed by atoms with E-state index in [4.69, 9.17) is 13.8 Å². The normalized spacial score (nSPS) is 13.0. The van der Waals surface area contributed by atoms with E-state index in [1.54, 1.807) is 7.11 Å². The molecule has 1 rings (SSSR count). The van der Waals surface area contributed by atoms with Crippen LogP contribution in [0.4, 0.5) is 5.69 Å². The lowest BCUT2D eigenvalue weighted by Crippen LogP contribution is -2.26. The maximum atomic E-state index is 13.0. The molecule has 6 heteroatoms. The second-order valence-corrected chi connectivity index (χ2v) is 8.98. The van der Waals surface area contributed by atoms with Crippen molar-refractivity contribution >= 4 is 13.3 Å². The van der Waals surface area contributed by atoms with Gasteiger partial charge in [-0.3, -0.25) is 4.57 Å². The first-order valence-corrected chi connectivity index (χ1v) is 9.04. The summed E-state index contributed by atoms with van der Waals surface area (Å²) in [7, 11) is -1.67. The van der Waals surface area contributed by atoms with E-state index >= 15 is 0 Å². The van der Waals surface area contributed by atoms with Crippen LogP contribution in [0, 0.1) is 0 Å². The Balaban J connectivity index is 2.81. The number of hydrogen-bond donors (Lipinski definition) is 1. The van der Waals surface area contributed by atoms with E-state index < -0.39 is 18.8 Å². The summed E-state index contributed by atoms with van der Waals surface area (Å²) >= 11 is 0. The van der Waals surface area contributed by atoms with Crippen molar-refractivity contribution in [3.8, 4) is 5.75 Å². The van der Waals surface area contributed by atoms with Crippen molar-refractivity contribution in [2.24, 2.45) is 0 Å². The summed E-state index contributed by atoms with van der Waals surface area (Å²) in [5.74, 6) is 0.769. The summed E-state index contributed by atoms with van der Waals surface area (Å²) in [6.45, 7) is 11.2. The number of ether oxygens (including phenoxy) is 1. The summed E-state index contributed by atoms with van der Waals surface area (Å²) in [5.41, 5.74) is -0.277. The molecule has 1 aromatic rings. The molecule has 0 aliphatic carbocycles. The molecule has 5 nitrogen and oxygen atoms in total. The number of benzene rings is 1. The van der Waals surface area contributed by atoms with Gasteiger partial charge in [-0.2, -0.15) is 0 Å². The molecule has 0 heterocycles. The highest BCUT2D eigenvalue weighted by molar-refractivity contribution is 7.54. The average Bonchev–Trinajstić information content (AvgIpc) is 2.32. The van der Waals surface area contributed by atoms with Crippen LogP contribution in [0.2, 0.25) is 0 Å². The second-order valence-electron chi connectivity index (χ2n) is 7.08. The quantitative estimate of drug-likeness (QED) is 0.753. The van der Waals surface area contributed by atoms with Crippen LogP contribution in [0.25, 0.3) is 0 Å². The number of rotatable bonds is 6. The molecule has 0 aliphatic heterocycles. The average molecular weight is 329 g/mol. The van der Waals surface area contributed by atoms with E-state index in [1.807, 2.05) is 65.8 Å². The molecule has 22 heavy (non-hydrogen) atoms. The van der Waals surface area contributed by atoms with Crippen LogP contribution in [0.5, 0.6) is 5.75 Å². The molecular weight excluding hydrogens is 301 g/mol. The Morgan fingerprint density at radius 2 is 1.41 bits per heavy atom. The van der Waals surface area contributed by atoms with Crippen molar-refractivity contribution in [2.45, 2.75) is 52.7 Å². The second kappa shape index (κ2) is 7.03. The molecule has 0 unspecified atom stereocenters. The van der Waals surface area contributed by atoms with Gasteiger partial charge in [0.25, 0.3) is 0 Å². The molecule has 0 aliphatic rings. The lowest BCUT2D eigenvalue weighted by atomic mass is 10.2. The van der Waals surface area contributed by atoms with Gasteiger partial charge in [-0.1, -0.05) is 0 Å². The topological polar surface area (TPSA) is 56.8 Å². The molecule has 1 aromatic carbocycles. The fourth-order valence-electron chi connectivity index (χ4n) is 1.81. The fraction of sp³-hybridized carbons (Fsp3) is 0.625. The molecule has 0 aromatic heterocycles. The molecule has 0 saturated carbocycles. The smallest absolute Gasteiger partial charge is 0.350 e. The summed E-state index contributed by atoms with van der Waals surface area (Å²) in [6, 6.07) is 7.39. The Hall–Kier alpha value is -1.03. The maximum Gasteiger partial charge on any atom is 0.350 e. The number of hydrogen-bond acceptors (Lipinski definition) is 5. The zero-order valence-corrected chi connectivity index (χ0v) is 15.5. The minimum Gasteiger partial charge on any atom is -0.497 e. The molecule has 1 N–H and O–H groups in total. The first-order valence-electron chi connectivity index (χ1n) is 7.31. The van der Waals surface area contributed by atoms with Gasteiger partial charge in [-0.25, -0.2) is 0 Å². The van der Waals surface area contributed by atoms with Crippen molar-refractivity contribution in [3.05, 3.63) is 24.3 Å². The van der Waals surface area contributed by atoms with Gasteiger partial charge in [0.1, 0.15) is 12.0 Å². The van der Waals surface area contributed by atoms with Crippen LogP contribution >= 0.6 is 7.60 Å². The zero-order chi connectivity index (χ0) is 17.0. The van der Waals surface area contributed by atoms with Crippen LogP contribution < -0.4 is 10.1 Å². The van der Waals surface area contributed by atoms with Crippen molar-refractivity contribution < 1.29 is 18.3 Å². The molecule has 0 saturated heterocycles. The highest BCUT2D eigenvalue weighted by Crippen LogP contribution is 2.54. The molecule has 0 bridgehead atoms. The summed E-state index contributed by atoms with van der Waals surface area (Å²) in [6.07, 6.45) is 0.105. The van der Waals surface area contributed by atoms with Crippen molar-refractivity contribution in [3.63, 3.8) is 0 Å². The van der Waals surface area contributed by atoms with E-state index in [-0.39, 0.29) is 6.29 Å². The van der Waals surface area contributed by atoms with Crippen LogP contribution in [0.1, 0.15) is 41.5 Å². The van der Waals surface area contributed by atoms with Gasteiger partial charge < -0.3 is 19.1 Å². The lowest BCUT2D eigenvalue weighted by Gasteiger charge is -2.32. The fourth-order valence-corrected chi connectivity index (χ4v) is 4.03. The highest BCUT2D eigenvalue weighted by atomic mass is 31.2. The lowest BCUT2D eigenvalue weighted by molar-refractivity contribution is 0.0500. The van der Waals surface area contributed by atoms with Crippen molar-refractivity contribution in [1.29, 1.82) is 0 Å². The van der Waals surface area contributed by atoms with Gasteiger partial charge in [-0.05, 0) is 65.8 Å². The van der Waals surface area contributed by atoms with Gasteiger partial charge in [0.15, 0.2) is 0 Å². The van der Waals surface area contributed by atoms with E-state index in [0.29, 0.717) is 0 Å². The molecular formula is C16H28NO4P. The maximum absolute atomic E-state index is 13.0. The first-order chi connectivity index (χ1) is 9.92. The first kappa shape index (κ1) is 19.0. The minimum absolute atomic E-state index is 0.105. The standard InChI is InChI=1S/C16H28NO4P/c1-15(2,3)20-22(18,21-16(4,5)6)12-17-13-8-10-14(19-7)11-9-13/h8-11,17H,12H2,1-7H3. The van der Waals surface area contributed by atoms with E-state index in [1.165, 1.54) is 0 Å². The number of anilines is 1. The van der Waals surface area contributed by atoms with E-state index in [9.17, 15) is 4.57 Å². The summed E-state index contributed by atoms with van der Waals surface area (Å²) < 4.78 is 29.6. The number of methoxy groups -OCH3 is 1. The van der Waals surface area contributed by atoms with Gasteiger partial charge in [0.2, 0.25) is 0 Å². The predicted molar refractivity (Wildman–Crippen MR) is 90.8 cm³/mol. The molecule has 0 fully saturated rings. The number of nitrogens with one attached hydrogen (secondary N) is 1. The third-order valence-corrected chi connectivity index (χ3v) is 4.59. The monoisotopic (exact) mass is 329 g/mol. The van der Waals surface area contributed by atoms with Crippen molar-refractivity contribution in [1.82, 2.24) is 0 Å². The van der Waals surface area contributed by atoms with Gasteiger partial charge in [0, 0.05) is 5.69 Å². The molecule has 0 atom stereocenters. The van der Waals surface area contributed by atoms with Gasteiger partial charge in [0.05, 0.1) is 18.3 Å². The van der Waals surface area contributed by atoms with Crippen LogP contribution in [-0.4, -0.2) is 24.6 Å². The molecule has 0 spiro atoms. The summed E-state index contributed by atoms with van der Waals surface area (Å²) in [5, 5.41) is 3.11. The Kier molecular flexibility index (Phi) is 6.08. The summed E-state index contributed by atoms with van der Waals surface area (Å²) in [4.78, 5) is 0. The highest BCUT2D eigenvalue weighted by Gasteiger charge is 2.35. The largest absolute Gasteiger partial charge is 0.497 e. The van der Waals surface area contributed by atoms with Crippen molar-refractivity contribution in [2.75, 3.05) is 18.7 Å². The third kappa shape index (κ3) is 7.30. The predicted octanol–water partition coefficient (Wildman–Crippen LogP) is 4.89. The third-order valence-electron chi connectivity index (χ3n) is 2.39.